The molecule has 156 valence electrons. The second kappa shape index (κ2) is 9.17. The SMILES string of the molecule is CCCCn1c(=O)[nH]c(=O)c2c1nc(CCC(=O)Nc1nccs1)n2CC(C)C. The van der Waals surface area contributed by atoms with Crippen LogP contribution in [0.5, 0.6) is 0 Å². The number of carbonyl (C=O) groups is 1. The van der Waals surface area contributed by atoms with Crippen molar-refractivity contribution in [2.75, 3.05) is 5.32 Å². The predicted octanol–water partition coefficient (Wildman–Crippen LogP) is 2.37. The first-order valence-corrected chi connectivity index (χ1v) is 10.7. The van der Waals surface area contributed by atoms with Crippen LogP contribution < -0.4 is 16.6 Å². The maximum atomic E-state index is 12.6. The lowest BCUT2D eigenvalue weighted by Gasteiger charge is -2.11. The average Bonchev–Trinajstić information content (AvgIpc) is 3.28. The van der Waals surface area contributed by atoms with Crippen LogP contribution in [0.1, 0.15) is 45.9 Å². The minimum atomic E-state index is -0.446. The predicted molar refractivity (Wildman–Crippen MR) is 113 cm³/mol. The topological polar surface area (TPSA) is 115 Å². The summed E-state index contributed by atoms with van der Waals surface area (Å²) in [5, 5.41) is 5.10. The molecule has 1 amide bonds. The van der Waals surface area contributed by atoms with Gasteiger partial charge in [0.05, 0.1) is 0 Å². The lowest BCUT2D eigenvalue weighted by Crippen LogP contribution is -2.31. The van der Waals surface area contributed by atoms with E-state index in [1.54, 1.807) is 11.6 Å². The first kappa shape index (κ1) is 21.0. The maximum Gasteiger partial charge on any atom is 0.330 e. The van der Waals surface area contributed by atoms with E-state index in [-0.39, 0.29) is 18.2 Å². The maximum absolute atomic E-state index is 12.6. The summed E-state index contributed by atoms with van der Waals surface area (Å²) >= 11 is 1.35. The molecule has 29 heavy (non-hydrogen) atoms. The monoisotopic (exact) mass is 418 g/mol. The van der Waals surface area contributed by atoms with E-state index in [0.717, 1.165) is 12.8 Å². The Kier molecular flexibility index (Phi) is 6.63. The van der Waals surface area contributed by atoms with Crippen LogP contribution in [0.3, 0.4) is 0 Å². The zero-order valence-electron chi connectivity index (χ0n) is 16.9. The van der Waals surface area contributed by atoms with E-state index in [0.29, 0.717) is 41.6 Å². The summed E-state index contributed by atoms with van der Waals surface area (Å²) in [6.45, 7) is 7.20. The first-order valence-electron chi connectivity index (χ1n) is 9.82. The molecule has 0 aliphatic rings. The fourth-order valence-electron chi connectivity index (χ4n) is 3.19. The first-order chi connectivity index (χ1) is 13.9. The molecule has 0 radical (unpaired) electrons. The molecule has 3 aromatic rings. The van der Waals surface area contributed by atoms with Gasteiger partial charge in [0.2, 0.25) is 5.91 Å². The van der Waals surface area contributed by atoms with Gasteiger partial charge in [-0.3, -0.25) is 19.1 Å². The van der Waals surface area contributed by atoms with E-state index >= 15 is 0 Å². The van der Waals surface area contributed by atoms with Gasteiger partial charge in [0, 0.05) is 37.5 Å². The van der Waals surface area contributed by atoms with E-state index < -0.39 is 11.2 Å². The lowest BCUT2D eigenvalue weighted by atomic mass is 10.2. The summed E-state index contributed by atoms with van der Waals surface area (Å²) in [5.74, 6) is 0.732. The Bertz CT molecular complexity index is 1090. The average molecular weight is 419 g/mol. The highest BCUT2D eigenvalue weighted by Crippen LogP contribution is 2.17. The molecule has 3 heterocycles. The molecule has 3 rings (SSSR count). The summed E-state index contributed by atoms with van der Waals surface area (Å²) in [6.07, 6.45) is 3.93. The van der Waals surface area contributed by atoms with Crippen LogP contribution in [0, 0.1) is 5.92 Å². The molecule has 2 N–H and O–H groups in total. The molecule has 10 heteroatoms. The summed E-state index contributed by atoms with van der Waals surface area (Å²) in [7, 11) is 0. The van der Waals surface area contributed by atoms with Crippen molar-refractivity contribution < 1.29 is 4.79 Å². The second-order valence-corrected chi connectivity index (χ2v) is 8.25. The number of fused-ring (bicyclic) bond motifs is 1. The van der Waals surface area contributed by atoms with Crippen molar-refractivity contribution >= 4 is 33.5 Å². The molecule has 3 aromatic heterocycles. The molecule has 0 saturated heterocycles. The molecule has 0 aliphatic carbocycles. The number of hydrogen-bond donors (Lipinski definition) is 2. The largest absolute Gasteiger partial charge is 0.330 e. The number of unbranched alkanes of at least 4 members (excludes halogenated alkanes) is 1. The number of imidazole rings is 1. The van der Waals surface area contributed by atoms with Gasteiger partial charge in [-0.2, -0.15) is 0 Å². The molecule has 0 saturated carbocycles. The number of aromatic amines is 1. The summed E-state index contributed by atoms with van der Waals surface area (Å²) < 4.78 is 3.37. The van der Waals surface area contributed by atoms with Crippen molar-refractivity contribution in [1.82, 2.24) is 24.1 Å². The molecule has 0 atom stereocenters. The number of amides is 1. The standard InChI is InChI=1S/C19H26N6O3S/c1-4-5-9-24-16-15(17(27)23-19(24)28)25(11-12(2)3)13(21-16)6-7-14(26)22-18-20-8-10-29-18/h8,10,12H,4-7,9,11H2,1-3H3,(H,20,22,26)(H,23,27,28). The highest BCUT2D eigenvalue weighted by Gasteiger charge is 2.19. The van der Waals surface area contributed by atoms with Crippen LogP contribution in [0.15, 0.2) is 21.2 Å². The third-order valence-electron chi connectivity index (χ3n) is 4.50. The van der Waals surface area contributed by atoms with Gasteiger partial charge in [-0.25, -0.2) is 14.8 Å². The number of hydrogen-bond acceptors (Lipinski definition) is 6. The number of nitrogens with zero attached hydrogens (tertiary/aromatic N) is 4. The number of aromatic nitrogens is 5. The van der Waals surface area contributed by atoms with E-state index in [9.17, 15) is 14.4 Å². The normalized spacial score (nSPS) is 11.4. The second-order valence-electron chi connectivity index (χ2n) is 7.35. The van der Waals surface area contributed by atoms with Crippen LogP contribution in [-0.4, -0.2) is 30.0 Å². The molecule has 0 unspecified atom stereocenters. The minimum Gasteiger partial charge on any atom is -0.322 e. The van der Waals surface area contributed by atoms with Gasteiger partial charge in [-0.05, 0) is 12.3 Å². The molecular formula is C19H26N6O3S. The van der Waals surface area contributed by atoms with Crippen molar-refractivity contribution in [3.8, 4) is 0 Å². The van der Waals surface area contributed by atoms with Gasteiger partial charge in [-0.1, -0.05) is 27.2 Å². The van der Waals surface area contributed by atoms with Crippen LogP contribution >= 0.6 is 11.3 Å². The summed E-state index contributed by atoms with van der Waals surface area (Å²) in [5.41, 5.74) is -0.101. The molecule has 0 aliphatic heterocycles. The third kappa shape index (κ3) is 4.81. The Balaban J connectivity index is 1.96. The molecule has 0 bridgehead atoms. The molecule has 9 nitrogen and oxygen atoms in total. The van der Waals surface area contributed by atoms with Gasteiger partial charge >= 0.3 is 5.69 Å². The molecule has 0 spiro atoms. The van der Waals surface area contributed by atoms with Crippen LogP contribution in [-0.2, 0) is 24.3 Å². The van der Waals surface area contributed by atoms with Gasteiger partial charge in [-0.15, -0.1) is 11.3 Å². The fraction of sp³-hybridized carbons (Fsp3) is 0.526. The number of nitrogens with one attached hydrogen (secondary N) is 2. The lowest BCUT2D eigenvalue weighted by molar-refractivity contribution is -0.116. The van der Waals surface area contributed by atoms with Crippen LogP contribution in [0.25, 0.3) is 11.2 Å². The van der Waals surface area contributed by atoms with Crippen molar-refractivity contribution in [1.29, 1.82) is 0 Å². The molecular weight excluding hydrogens is 392 g/mol. The Morgan fingerprint density at radius 3 is 2.76 bits per heavy atom. The molecule has 0 fully saturated rings. The Morgan fingerprint density at radius 1 is 1.31 bits per heavy atom. The van der Waals surface area contributed by atoms with E-state index in [4.69, 9.17) is 0 Å². The van der Waals surface area contributed by atoms with Crippen molar-refractivity contribution in [3.05, 3.63) is 38.2 Å². The number of aryl methyl sites for hydroxylation is 2. The van der Waals surface area contributed by atoms with Gasteiger partial charge in [0.15, 0.2) is 16.3 Å². The van der Waals surface area contributed by atoms with Crippen molar-refractivity contribution in [2.45, 2.75) is 59.5 Å². The molecule has 0 aromatic carbocycles. The Morgan fingerprint density at radius 2 is 2.10 bits per heavy atom. The highest BCUT2D eigenvalue weighted by atomic mass is 32.1. The van der Waals surface area contributed by atoms with Gasteiger partial charge < -0.3 is 9.88 Å². The van der Waals surface area contributed by atoms with Crippen LogP contribution in [0.2, 0.25) is 0 Å². The number of H-pyrrole nitrogens is 1. The van der Waals surface area contributed by atoms with Crippen molar-refractivity contribution in [3.63, 3.8) is 0 Å². The number of thiazole rings is 1. The van der Waals surface area contributed by atoms with E-state index in [1.807, 2.05) is 25.3 Å². The fourth-order valence-corrected chi connectivity index (χ4v) is 3.73. The Labute approximate surface area is 171 Å². The Hall–Kier alpha value is -2.75. The summed E-state index contributed by atoms with van der Waals surface area (Å²) in [4.78, 5) is 48.3. The number of carbonyl (C=O) groups excluding carboxylic acids is 1. The quantitative estimate of drug-likeness (QED) is 0.554. The van der Waals surface area contributed by atoms with Gasteiger partial charge in [0.25, 0.3) is 5.56 Å². The minimum absolute atomic E-state index is 0.166. The third-order valence-corrected chi connectivity index (χ3v) is 5.19. The zero-order chi connectivity index (χ0) is 21.0. The van der Waals surface area contributed by atoms with E-state index in [1.165, 1.54) is 15.9 Å². The zero-order valence-corrected chi connectivity index (χ0v) is 17.7. The van der Waals surface area contributed by atoms with E-state index in [2.05, 4.69) is 20.3 Å². The summed E-state index contributed by atoms with van der Waals surface area (Å²) in [6, 6.07) is 0. The number of anilines is 1. The van der Waals surface area contributed by atoms with Crippen molar-refractivity contribution in [2.24, 2.45) is 5.92 Å². The number of rotatable bonds is 9. The smallest absolute Gasteiger partial charge is 0.322 e. The highest BCUT2D eigenvalue weighted by molar-refractivity contribution is 7.13. The van der Waals surface area contributed by atoms with Gasteiger partial charge in [0.1, 0.15) is 5.82 Å². The van der Waals surface area contributed by atoms with Crippen LogP contribution in [0.4, 0.5) is 5.13 Å².